The second-order valence-corrected chi connectivity index (χ2v) is 4.45. The van der Waals surface area contributed by atoms with Crippen molar-refractivity contribution in [2.45, 2.75) is 33.0 Å². The molecule has 1 amide bonds. The molecule has 1 aliphatic heterocycles. The van der Waals surface area contributed by atoms with Crippen LogP contribution in [0.15, 0.2) is 0 Å². The van der Waals surface area contributed by atoms with E-state index in [1.807, 2.05) is 0 Å². The molecule has 0 saturated carbocycles. The largest absolute Gasteiger partial charge is 0.369 e. The first kappa shape index (κ1) is 11.4. The number of rotatable bonds is 3. The maximum atomic E-state index is 13.5. The van der Waals surface area contributed by atoms with E-state index in [2.05, 4.69) is 13.8 Å². The number of piperidine rings is 1. The Morgan fingerprint density at radius 2 is 2.29 bits per heavy atom. The number of likely N-dealkylation sites (tertiary alicyclic amines) is 1. The number of carbonyl (C=O) groups excluding carboxylic acids is 1. The smallest absolute Gasteiger partial charge is 0.220 e. The number of hydrogen-bond donors (Lipinski definition) is 1. The Hall–Kier alpha value is -0.640. The van der Waals surface area contributed by atoms with E-state index in [1.54, 1.807) is 4.90 Å². The number of carbonyl (C=O) groups is 1. The normalized spacial score (nSPS) is 29.4. The van der Waals surface area contributed by atoms with Crippen LogP contribution in [0.4, 0.5) is 4.39 Å². The molecule has 4 heteroatoms. The van der Waals surface area contributed by atoms with Gasteiger partial charge in [-0.1, -0.05) is 13.8 Å². The molecule has 2 atom stereocenters. The fourth-order valence-corrected chi connectivity index (χ4v) is 1.90. The van der Waals surface area contributed by atoms with Crippen molar-refractivity contribution >= 4 is 5.91 Å². The molecule has 1 aliphatic rings. The zero-order valence-electron chi connectivity index (χ0n) is 8.87. The van der Waals surface area contributed by atoms with Crippen LogP contribution in [0.3, 0.4) is 0 Å². The molecule has 1 heterocycles. The van der Waals surface area contributed by atoms with Gasteiger partial charge in [-0.25, -0.2) is 4.39 Å². The molecule has 2 unspecified atom stereocenters. The number of nitrogens with zero attached hydrogens (tertiary/aromatic N) is 1. The first-order chi connectivity index (χ1) is 6.50. The van der Waals surface area contributed by atoms with E-state index < -0.39 is 6.30 Å². The molecule has 14 heavy (non-hydrogen) atoms. The van der Waals surface area contributed by atoms with Gasteiger partial charge >= 0.3 is 0 Å². The minimum absolute atomic E-state index is 0.266. The molecular weight excluding hydrogens is 183 g/mol. The molecule has 1 saturated heterocycles. The third-order valence-electron chi connectivity index (χ3n) is 2.64. The van der Waals surface area contributed by atoms with Crippen molar-refractivity contribution in [3.8, 4) is 0 Å². The Morgan fingerprint density at radius 1 is 1.64 bits per heavy atom. The highest BCUT2D eigenvalue weighted by Crippen LogP contribution is 2.24. The fraction of sp³-hybridized carbons (Fsp3) is 0.900. The van der Waals surface area contributed by atoms with E-state index in [9.17, 15) is 9.18 Å². The number of nitrogens with two attached hydrogens (primary N) is 1. The highest BCUT2D eigenvalue weighted by Gasteiger charge is 2.31. The average Bonchev–Trinajstić information content (AvgIpc) is 2.07. The van der Waals surface area contributed by atoms with Crippen LogP contribution in [-0.2, 0) is 4.79 Å². The molecule has 1 fully saturated rings. The van der Waals surface area contributed by atoms with Crippen LogP contribution >= 0.6 is 0 Å². The van der Waals surface area contributed by atoms with Crippen LogP contribution in [0.5, 0.6) is 0 Å². The molecule has 1 rings (SSSR count). The van der Waals surface area contributed by atoms with Crippen molar-refractivity contribution < 1.29 is 9.18 Å². The molecule has 0 spiro atoms. The highest BCUT2D eigenvalue weighted by molar-refractivity contribution is 5.76. The zero-order valence-corrected chi connectivity index (χ0v) is 8.87. The number of amides is 1. The van der Waals surface area contributed by atoms with Crippen LogP contribution < -0.4 is 5.73 Å². The Morgan fingerprint density at radius 3 is 2.71 bits per heavy atom. The zero-order chi connectivity index (χ0) is 10.7. The molecular formula is C10H19FN2O. The summed E-state index contributed by atoms with van der Waals surface area (Å²) in [6, 6.07) is 0. The Bertz CT molecular complexity index is 208. The van der Waals surface area contributed by atoms with E-state index in [0.717, 1.165) is 6.54 Å². The lowest BCUT2D eigenvalue weighted by atomic mass is 9.95. The molecule has 82 valence electrons. The van der Waals surface area contributed by atoms with Crippen LogP contribution in [-0.4, -0.2) is 30.2 Å². The lowest BCUT2D eigenvalue weighted by Gasteiger charge is -2.34. The summed E-state index contributed by atoms with van der Waals surface area (Å²) in [4.78, 5) is 12.7. The minimum atomic E-state index is -0.997. The summed E-state index contributed by atoms with van der Waals surface area (Å²) in [5.74, 6) is -0.177. The van der Waals surface area contributed by atoms with Gasteiger partial charge in [0.15, 0.2) is 6.30 Å². The summed E-state index contributed by atoms with van der Waals surface area (Å²) in [5, 5.41) is 0. The first-order valence-electron chi connectivity index (χ1n) is 5.18. The van der Waals surface area contributed by atoms with E-state index >= 15 is 0 Å². The lowest BCUT2D eigenvalue weighted by molar-refractivity contribution is -0.125. The van der Waals surface area contributed by atoms with E-state index in [4.69, 9.17) is 5.73 Å². The van der Waals surface area contributed by atoms with Gasteiger partial charge in [-0.15, -0.1) is 0 Å². The summed E-state index contributed by atoms with van der Waals surface area (Å²) in [6.07, 6.45) is -0.0338. The van der Waals surface area contributed by atoms with Crippen LogP contribution in [0, 0.1) is 11.8 Å². The van der Waals surface area contributed by atoms with Crippen molar-refractivity contribution in [2.24, 2.45) is 17.6 Å². The molecule has 0 aromatic carbocycles. The summed E-state index contributed by atoms with van der Waals surface area (Å²) in [5.41, 5.74) is 5.15. The number of primary amides is 1. The maximum Gasteiger partial charge on any atom is 0.220 e. The maximum absolute atomic E-state index is 13.5. The quantitative estimate of drug-likeness (QED) is 0.697. The van der Waals surface area contributed by atoms with Crippen LogP contribution in [0.2, 0.25) is 0 Å². The SMILES string of the molecule is CC(C)CN1CCC(C(N)=O)CC1F. The molecule has 2 N–H and O–H groups in total. The predicted octanol–water partition coefficient (Wildman–Crippen LogP) is 1.14. The third-order valence-corrected chi connectivity index (χ3v) is 2.64. The molecule has 0 bridgehead atoms. The lowest BCUT2D eigenvalue weighted by Crippen LogP contribution is -2.44. The van der Waals surface area contributed by atoms with Crippen LogP contribution in [0.1, 0.15) is 26.7 Å². The topological polar surface area (TPSA) is 46.3 Å². The van der Waals surface area contributed by atoms with Crippen LogP contribution in [0.25, 0.3) is 0 Å². The molecule has 3 nitrogen and oxygen atoms in total. The average molecular weight is 202 g/mol. The Kier molecular flexibility index (Phi) is 3.86. The van der Waals surface area contributed by atoms with Crippen molar-refractivity contribution in [2.75, 3.05) is 13.1 Å². The Balaban J connectivity index is 2.43. The van der Waals surface area contributed by atoms with Gasteiger partial charge in [-0.05, 0) is 12.3 Å². The van der Waals surface area contributed by atoms with Gasteiger partial charge < -0.3 is 5.73 Å². The second-order valence-electron chi connectivity index (χ2n) is 4.45. The number of alkyl halides is 1. The van der Waals surface area contributed by atoms with Gasteiger partial charge in [0, 0.05) is 25.4 Å². The van der Waals surface area contributed by atoms with Crippen molar-refractivity contribution in [1.29, 1.82) is 0 Å². The molecule has 0 radical (unpaired) electrons. The highest BCUT2D eigenvalue weighted by atomic mass is 19.1. The summed E-state index contributed by atoms with van der Waals surface area (Å²) >= 11 is 0. The van der Waals surface area contributed by atoms with Crippen molar-refractivity contribution in [1.82, 2.24) is 4.90 Å². The minimum Gasteiger partial charge on any atom is -0.369 e. The van der Waals surface area contributed by atoms with E-state index in [1.165, 1.54) is 0 Å². The Labute approximate surface area is 84.4 Å². The first-order valence-corrected chi connectivity index (χ1v) is 5.18. The van der Waals surface area contributed by atoms with Gasteiger partial charge in [0.05, 0.1) is 0 Å². The van der Waals surface area contributed by atoms with Gasteiger partial charge in [-0.2, -0.15) is 0 Å². The third kappa shape index (κ3) is 2.94. The predicted molar refractivity (Wildman–Crippen MR) is 53.2 cm³/mol. The van der Waals surface area contributed by atoms with Gasteiger partial charge in [-0.3, -0.25) is 9.69 Å². The summed E-state index contributed by atoms with van der Waals surface area (Å²) in [7, 11) is 0. The fourth-order valence-electron chi connectivity index (χ4n) is 1.90. The monoisotopic (exact) mass is 202 g/mol. The number of halogens is 1. The number of hydrogen-bond acceptors (Lipinski definition) is 2. The standard InChI is InChI=1S/C10H19FN2O/c1-7(2)6-13-4-3-8(10(12)14)5-9(13)11/h7-9H,3-6H2,1-2H3,(H2,12,14). The van der Waals surface area contributed by atoms with Gasteiger partial charge in [0.25, 0.3) is 0 Å². The van der Waals surface area contributed by atoms with Gasteiger partial charge in [0.1, 0.15) is 0 Å². The summed E-state index contributed by atoms with van der Waals surface area (Å²) in [6.45, 7) is 5.53. The second kappa shape index (κ2) is 4.73. The molecule has 0 aromatic rings. The summed E-state index contributed by atoms with van der Waals surface area (Å²) < 4.78 is 13.5. The van der Waals surface area contributed by atoms with Crippen molar-refractivity contribution in [3.05, 3.63) is 0 Å². The van der Waals surface area contributed by atoms with E-state index in [-0.39, 0.29) is 18.2 Å². The molecule has 0 aliphatic carbocycles. The van der Waals surface area contributed by atoms with Crippen molar-refractivity contribution in [3.63, 3.8) is 0 Å². The van der Waals surface area contributed by atoms with Gasteiger partial charge in [0.2, 0.25) is 5.91 Å². The van der Waals surface area contributed by atoms with E-state index in [0.29, 0.717) is 18.9 Å². The molecule has 0 aromatic heterocycles.